The molecule has 30 heavy (non-hydrogen) atoms. The molecule has 3 N–H and O–H groups in total. The Morgan fingerprint density at radius 2 is 1.60 bits per heavy atom. The van der Waals surface area contributed by atoms with E-state index < -0.39 is 5.54 Å². The standard InChI is InChI=1S/C23H30N2O5/c1-27-18-6-5-15(11-19(18)28-2)14-23(9-7-22(24)26)17-13-21(30-4)20(29-3)12-16(17)8-10-25-23/h5-6,11-13,25H,7-10,14H2,1-4H3,(H2,24,26). The molecule has 1 heterocycles. The minimum absolute atomic E-state index is 0.272. The summed E-state index contributed by atoms with van der Waals surface area (Å²) in [5.41, 5.74) is 8.39. The Morgan fingerprint density at radius 1 is 0.967 bits per heavy atom. The van der Waals surface area contributed by atoms with E-state index in [0.717, 1.165) is 24.1 Å². The van der Waals surface area contributed by atoms with Crippen molar-refractivity contribution >= 4 is 5.91 Å². The second-order valence-electron chi connectivity index (χ2n) is 7.46. The molecule has 2 aromatic rings. The summed E-state index contributed by atoms with van der Waals surface area (Å²) < 4.78 is 21.9. The van der Waals surface area contributed by atoms with Gasteiger partial charge in [-0.2, -0.15) is 0 Å². The van der Waals surface area contributed by atoms with Crippen LogP contribution in [0.5, 0.6) is 23.0 Å². The number of hydrogen-bond acceptors (Lipinski definition) is 6. The smallest absolute Gasteiger partial charge is 0.217 e. The molecule has 0 saturated heterocycles. The Labute approximate surface area is 177 Å². The van der Waals surface area contributed by atoms with E-state index in [-0.39, 0.29) is 12.3 Å². The van der Waals surface area contributed by atoms with E-state index in [1.165, 1.54) is 5.56 Å². The van der Waals surface area contributed by atoms with Gasteiger partial charge in [0.15, 0.2) is 23.0 Å². The maximum atomic E-state index is 11.7. The van der Waals surface area contributed by atoms with Gasteiger partial charge in [-0.15, -0.1) is 0 Å². The number of carbonyl (C=O) groups is 1. The Morgan fingerprint density at radius 3 is 2.23 bits per heavy atom. The van der Waals surface area contributed by atoms with E-state index in [1.807, 2.05) is 30.3 Å². The van der Waals surface area contributed by atoms with Crippen LogP contribution in [-0.4, -0.2) is 40.9 Å². The first-order valence-electron chi connectivity index (χ1n) is 9.96. The molecule has 2 aromatic carbocycles. The molecule has 0 saturated carbocycles. The zero-order valence-corrected chi connectivity index (χ0v) is 18.0. The fourth-order valence-electron chi connectivity index (χ4n) is 4.25. The molecule has 0 radical (unpaired) electrons. The Hall–Kier alpha value is -2.93. The maximum Gasteiger partial charge on any atom is 0.217 e. The Balaban J connectivity index is 2.09. The third-order valence-electron chi connectivity index (χ3n) is 5.73. The number of fused-ring (bicyclic) bond motifs is 1. The summed E-state index contributed by atoms with van der Waals surface area (Å²) in [4.78, 5) is 11.7. The Bertz CT molecular complexity index is 915. The van der Waals surface area contributed by atoms with Crippen LogP contribution in [0, 0.1) is 0 Å². The van der Waals surface area contributed by atoms with Gasteiger partial charge in [-0.1, -0.05) is 6.07 Å². The molecule has 1 aliphatic heterocycles. The number of amides is 1. The van der Waals surface area contributed by atoms with E-state index in [9.17, 15) is 4.79 Å². The number of nitrogens with two attached hydrogens (primary N) is 1. The third kappa shape index (κ3) is 4.31. The number of primary amides is 1. The molecule has 162 valence electrons. The monoisotopic (exact) mass is 414 g/mol. The fraction of sp³-hybridized carbons (Fsp3) is 0.435. The summed E-state index contributed by atoms with van der Waals surface area (Å²) in [6.45, 7) is 0.786. The van der Waals surface area contributed by atoms with Gasteiger partial charge in [0, 0.05) is 18.5 Å². The summed E-state index contributed by atoms with van der Waals surface area (Å²) in [6.07, 6.45) is 2.36. The van der Waals surface area contributed by atoms with Crippen LogP contribution in [0.2, 0.25) is 0 Å². The van der Waals surface area contributed by atoms with Crippen LogP contribution in [0.3, 0.4) is 0 Å². The largest absolute Gasteiger partial charge is 0.493 e. The average Bonchev–Trinajstić information content (AvgIpc) is 2.76. The minimum atomic E-state index is -0.470. The highest BCUT2D eigenvalue weighted by Crippen LogP contribution is 2.42. The van der Waals surface area contributed by atoms with Gasteiger partial charge >= 0.3 is 0 Å². The first-order valence-corrected chi connectivity index (χ1v) is 9.96. The lowest BCUT2D eigenvalue weighted by atomic mass is 9.75. The van der Waals surface area contributed by atoms with Crippen LogP contribution in [0.4, 0.5) is 0 Å². The highest BCUT2D eigenvalue weighted by molar-refractivity contribution is 5.74. The van der Waals surface area contributed by atoms with Gasteiger partial charge in [-0.3, -0.25) is 4.79 Å². The molecule has 7 nitrogen and oxygen atoms in total. The van der Waals surface area contributed by atoms with Crippen LogP contribution in [0.15, 0.2) is 30.3 Å². The molecule has 0 bridgehead atoms. The number of methoxy groups -OCH3 is 4. The van der Waals surface area contributed by atoms with E-state index in [2.05, 4.69) is 5.32 Å². The average molecular weight is 415 g/mol. The zero-order chi connectivity index (χ0) is 21.7. The molecule has 3 rings (SSSR count). The van der Waals surface area contributed by atoms with Gasteiger partial charge in [-0.25, -0.2) is 0 Å². The fourth-order valence-corrected chi connectivity index (χ4v) is 4.25. The molecule has 0 fully saturated rings. The van der Waals surface area contributed by atoms with Crippen molar-refractivity contribution in [1.29, 1.82) is 0 Å². The SMILES string of the molecule is COc1ccc(CC2(CCC(N)=O)NCCc3cc(OC)c(OC)cc32)cc1OC. The van der Waals surface area contributed by atoms with E-state index in [4.69, 9.17) is 24.7 Å². The lowest BCUT2D eigenvalue weighted by molar-refractivity contribution is -0.118. The maximum absolute atomic E-state index is 11.7. The number of benzene rings is 2. The molecule has 1 amide bonds. The summed E-state index contributed by atoms with van der Waals surface area (Å²) >= 11 is 0. The second-order valence-corrected chi connectivity index (χ2v) is 7.46. The third-order valence-corrected chi connectivity index (χ3v) is 5.73. The minimum Gasteiger partial charge on any atom is -0.493 e. The van der Waals surface area contributed by atoms with E-state index >= 15 is 0 Å². The number of hydrogen-bond donors (Lipinski definition) is 2. The number of carbonyl (C=O) groups excluding carboxylic acids is 1. The summed E-state index contributed by atoms with van der Waals surface area (Å²) in [5.74, 6) is 2.39. The Kier molecular flexibility index (Phi) is 6.72. The van der Waals surface area contributed by atoms with Crippen molar-refractivity contribution in [3.8, 4) is 23.0 Å². The van der Waals surface area contributed by atoms with Crippen molar-refractivity contribution in [1.82, 2.24) is 5.32 Å². The zero-order valence-electron chi connectivity index (χ0n) is 18.0. The molecular weight excluding hydrogens is 384 g/mol. The molecule has 0 aromatic heterocycles. The van der Waals surface area contributed by atoms with Crippen LogP contribution >= 0.6 is 0 Å². The summed E-state index contributed by atoms with van der Waals surface area (Å²) in [5, 5.41) is 3.67. The molecule has 7 heteroatoms. The lowest BCUT2D eigenvalue weighted by Crippen LogP contribution is -2.49. The van der Waals surface area contributed by atoms with Crippen LogP contribution in [0.25, 0.3) is 0 Å². The molecular formula is C23H30N2O5. The topological polar surface area (TPSA) is 92.0 Å². The molecule has 0 aliphatic carbocycles. The highest BCUT2D eigenvalue weighted by atomic mass is 16.5. The predicted molar refractivity (Wildman–Crippen MR) is 115 cm³/mol. The number of rotatable bonds is 9. The number of nitrogens with one attached hydrogen (secondary N) is 1. The van der Waals surface area contributed by atoms with Crippen molar-refractivity contribution < 1.29 is 23.7 Å². The normalized spacial score (nSPS) is 17.7. The molecule has 1 unspecified atom stereocenters. The predicted octanol–water partition coefficient (Wildman–Crippen LogP) is 2.57. The van der Waals surface area contributed by atoms with Gasteiger partial charge in [0.2, 0.25) is 5.91 Å². The number of ether oxygens (including phenoxy) is 4. The molecule has 0 spiro atoms. The summed E-state index contributed by atoms with van der Waals surface area (Å²) in [7, 11) is 6.50. The van der Waals surface area contributed by atoms with Crippen LogP contribution in [-0.2, 0) is 23.2 Å². The van der Waals surface area contributed by atoms with Gasteiger partial charge in [0.25, 0.3) is 0 Å². The van der Waals surface area contributed by atoms with Gasteiger partial charge in [0.05, 0.1) is 28.4 Å². The second kappa shape index (κ2) is 9.26. The molecule has 1 atom stereocenters. The van der Waals surface area contributed by atoms with Gasteiger partial charge in [-0.05, 0) is 60.2 Å². The first kappa shape index (κ1) is 21.8. The lowest BCUT2D eigenvalue weighted by Gasteiger charge is -2.41. The quantitative estimate of drug-likeness (QED) is 0.655. The van der Waals surface area contributed by atoms with Crippen LogP contribution < -0.4 is 30.0 Å². The van der Waals surface area contributed by atoms with Crippen molar-refractivity contribution in [2.45, 2.75) is 31.2 Å². The summed E-state index contributed by atoms with van der Waals surface area (Å²) in [6, 6.07) is 9.94. The van der Waals surface area contributed by atoms with Crippen molar-refractivity contribution in [3.05, 3.63) is 47.0 Å². The van der Waals surface area contributed by atoms with E-state index in [0.29, 0.717) is 35.8 Å². The van der Waals surface area contributed by atoms with Crippen molar-refractivity contribution in [3.63, 3.8) is 0 Å². The van der Waals surface area contributed by atoms with Crippen LogP contribution in [0.1, 0.15) is 29.5 Å². The highest BCUT2D eigenvalue weighted by Gasteiger charge is 2.38. The van der Waals surface area contributed by atoms with E-state index in [1.54, 1.807) is 28.4 Å². The van der Waals surface area contributed by atoms with Crippen molar-refractivity contribution in [2.75, 3.05) is 35.0 Å². The first-order chi connectivity index (χ1) is 14.5. The van der Waals surface area contributed by atoms with Gasteiger partial charge < -0.3 is 30.0 Å². The van der Waals surface area contributed by atoms with Gasteiger partial charge in [0.1, 0.15) is 0 Å². The molecule has 1 aliphatic rings. The van der Waals surface area contributed by atoms with Crippen molar-refractivity contribution in [2.24, 2.45) is 5.73 Å².